The lowest BCUT2D eigenvalue weighted by atomic mass is 9.30. The summed E-state index contributed by atoms with van der Waals surface area (Å²) in [5.41, 5.74) is 0. The monoisotopic (exact) mass is 223 g/mol. The van der Waals surface area contributed by atoms with Gasteiger partial charge in [-0.1, -0.05) is 6.07 Å². The molecule has 17 heavy (non-hydrogen) atoms. The van der Waals surface area contributed by atoms with Crippen molar-refractivity contribution in [2.24, 2.45) is 0 Å². The summed E-state index contributed by atoms with van der Waals surface area (Å²) < 4.78 is 2.12. The largest absolute Gasteiger partial charge is 0.383 e. The number of nitrogens with zero attached hydrogens (tertiary/aromatic N) is 5. The van der Waals surface area contributed by atoms with E-state index in [2.05, 4.69) is 23.9 Å². The number of pyridine rings is 1. The molecule has 82 valence electrons. The van der Waals surface area contributed by atoms with Crippen molar-refractivity contribution in [1.29, 1.82) is 21.0 Å². The highest BCUT2D eigenvalue weighted by molar-refractivity contribution is 7.05. The molecule has 0 saturated heterocycles. The van der Waals surface area contributed by atoms with Gasteiger partial charge in [-0.15, -0.1) is 23.9 Å². The molecule has 5 nitrogen and oxygen atoms in total. The van der Waals surface area contributed by atoms with Crippen molar-refractivity contribution < 1.29 is 4.57 Å². The highest BCUT2D eigenvalue weighted by Gasteiger charge is 2.22. The fourth-order valence-electron chi connectivity index (χ4n) is 0.818. The van der Waals surface area contributed by atoms with Crippen LogP contribution in [-0.4, -0.2) is 6.15 Å². The fraction of sp³-hybridized carbons (Fsp3) is 0.182. The van der Waals surface area contributed by atoms with E-state index in [4.69, 9.17) is 21.0 Å². The van der Waals surface area contributed by atoms with Gasteiger partial charge in [0.05, 0.1) is 0 Å². The molecule has 0 fully saturated rings. The Morgan fingerprint density at radius 1 is 0.882 bits per heavy atom. The summed E-state index contributed by atoms with van der Waals surface area (Å²) in [6.45, 7) is 3.18. The molecule has 0 atom stereocenters. The Kier molecular flexibility index (Phi) is 6.22. The molecule has 0 aliphatic rings. The van der Waals surface area contributed by atoms with E-state index in [-0.39, 0.29) is 0 Å². The van der Waals surface area contributed by atoms with E-state index < -0.39 is 6.15 Å². The van der Waals surface area contributed by atoms with Gasteiger partial charge >= 0.3 is 6.15 Å². The van der Waals surface area contributed by atoms with Crippen LogP contribution in [0.4, 0.5) is 0 Å². The van der Waals surface area contributed by atoms with Crippen LogP contribution in [0, 0.1) is 44.9 Å². The molecule has 0 unspecified atom stereocenters. The van der Waals surface area contributed by atoms with Gasteiger partial charge in [-0.3, -0.25) is 0 Å². The van der Waals surface area contributed by atoms with Gasteiger partial charge in [0.15, 0.2) is 12.4 Å². The maximum Gasteiger partial charge on any atom is 0.383 e. The van der Waals surface area contributed by atoms with Gasteiger partial charge in [0, 0.05) is 12.1 Å². The van der Waals surface area contributed by atoms with Crippen molar-refractivity contribution in [3.63, 3.8) is 0 Å². The van der Waals surface area contributed by atoms with Crippen LogP contribution >= 0.6 is 0 Å². The van der Waals surface area contributed by atoms with Gasteiger partial charge in [0.1, 0.15) is 6.54 Å². The number of aryl methyl sites for hydroxylation is 1. The summed E-state index contributed by atoms with van der Waals surface area (Å²) in [6.07, 6.45) is 1.39. The van der Waals surface area contributed by atoms with Crippen molar-refractivity contribution in [2.75, 3.05) is 0 Å². The Morgan fingerprint density at radius 2 is 1.29 bits per heavy atom. The first-order valence-corrected chi connectivity index (χ1v) is 4.92. The summed E-state index contributed by atoms with van der Waals surface area (Å²) in [6, 6.07) is 6.08. The highest BCUT2D eigenvalue weighted by Crippen LogP contribution is 1.92. The fourth-order valence-corrected chi connectivity index (χ4v) is 0.818. The molecule has 0 aliphatic heterocycles. The zero-order valence-corrected chi connectivity index (χ0v) is 9.41. The van der Waals surface area contributed by atoms with Crippen LogP contribution in [-0.2, 0) is 6.54 Å². The smallest absolute Gasteiger partial charge is 0.245 e. The molecule has 1 aromatic rings. The number of nitriles is 4. The van der Waals surface area contributed by atoms with Crippen molar-refractivity contribution in [2.45, 2.75) is 13.5 Å². The zero-order valence-electron chi connectivity index (χ0n) is 9.41. The van der Waals surface area contributed by atoms with Crippen molar-refractivity contribution >= 4 is 6.15 Å². The number of rotatable bonds is 1. The van der Waals surface area contributed by atoms with Crippen molar-refractivity contribution in [1.82, 2.24) is 0 Å². The molecule has 1 aromatic heterocycles. The summed E-state index contributed by atoms with van der Waals surface area (Å²) in [5, 5.41) is 32.3. The SMILES string of the molecule is CC[n+]1ccccc1.N#C[B-](C#N)(C#N)C#N. The Hall–Kier alpha value is -2.83. The first-order valence-electron chi connectivity index (χ1n) is 4.92. The minimum Gasteiger partial charge on any atom is -0.245 e. The number of hydrogen-bond acceptors (Lipinski definition) is 4. The molecule has 6 heteroatoms. The minimum atomic E-state index is -2.72. The van der Waals surface area contributed by atoms with Gasteiger partial charge in [0.2, 0.25) is 0 Å². The van der Waals surface area contributed by atoms with E-state index in [9.17, 15) is 0 Å². The van der Waals surface area contributed by atoms with E-state index in [1.807, 2.05) is 18.2 Å². The van der Waals surface area contributed by atoms with E-state index >= 15 is 0 Å². The molecule has 0 radical (unpaired) electrons. The predicted molar refractivity (Wildman–Crippen MR) is 60.5 cm³/mol. The maximum atomic E-state index is 8.09. The second kappa shape index (κ2) is 7.46. The number of hydrogen-bond donors (Lipinski definition) is 0. The Bertz CT molecular complexity index is 451. The van der Waals surface area contributed by atoms with E-state index in [0.29, 0.717) is 0 Å². The van der Waals surface area contributed by atoms with Crippen molar-refractivity contribution in [3.05, 3.63) is 30.6 Å². The molecule has 0 N–H and O–H groups in total. The Balaban J connectivity index is 0.000000302. The quantitative estimate of drug-likeness (QED) is 0.516. The van der Waals surface area contributed by atoms with Crippen LogP contribution in [0.2, 0.25) is 0 Å². The van der Waals surface area contributed by atoms with E-state index in [0.717, 1.165) is 6.54 Å². The van der Waals surface area contributed by atoms with Gasteiger partial charge in [-0.05, 0) is 6.92 Å². The lowest BCUT2D eigenvalue weighted by Crippen LogP contribution is -2.30. The summed E-state index contributed by atoms with van der Waals surface area (Å²) in [5.74, 6) is 5.38. The molecular weight excluding hydrogens is 213 g/mol. The first kappa shape index (κ1) is 14.2. The molecule has 0 spiro atoms. The Labute approximate surface area is 100 Å². The third kappa shape index (κ3) is 4.47. The van der Waals surface area contributed by atoms with Crippen molar-refractivity contribution in [3.8, 4) is 23.9 Å². The van der Waals surface area contributed by atoms with E-state index in [1.54, 1.807) is 0 Å². The second-order valence-electron chi connectivity index (χ2n) is 3.09. The number of aromatic nitrogens is 1. The summed E-state index contributed by atoms with van der Waals surface area (Å²) >= 11 is 0. The maximum absolute atomic E-state index is 8.09. The molecule has 1 heterocycles. The molecular formula is C11H10BN5. The van der Waals surface area contributed by atoms with Crippen LogP contribution in [0.1, 0.15) is 6.92 Å². The van der Waals surface area contributed by atoms with Gasteiger partial charge in [0.25, 0.3) is 0 Å². The van der Waals surface area contributed by atoms with Gasteiger partial charge in [-0.25, -0.2) is 25.6 Å². The lowest BCUT2D eigenvalue weighted by Gasteiger charge is -1.98. The molecule has 0 aromatic carbocycles. The van der Waals surface area contributed by atoms with Crippen LogP contribution < -0.4 is 4.57 Å². The third-order valence-corrected chi connectivity index (χ3v) is 1.92. The standard InChI is InChI=1S/C7H10N.C4BN4/c1-2-8-6-4-3-5-7-8;6-1-5(2-7,3-8)4-9/h3-7H,2H2,1H3;/q+1;-1. The topological polar surface area (TPSA) is 99.0 Å². The van der Waals surface area contributed by atoms with Crippen LogP contribution in [0.3, 0.4) is 0 Å². The third-order valence-electron chi connectivity index (χ3n) is 1.92. The summed E-state index contributed by atoms with van der Waals surface area (Å²) in [4.78, 5) is 0. The summed E-state index contributed by atoms with van der Waals surface area (Å²) in [7, 11) is 0. The van der Waals surface area contributed by atoms with Crippen LogP contribution in [0.15, 0.2) is 30.6 Å². The molecule has 1 rings (SSSR count). The van der Waals surface area contributed by atoms with E-state index in [1.165, 1.54) is 23.9 Å². The predicted octanol–water partition coefficient (Wildman–Crippen LogP) is 0.680. The highest BCUT2D eigenvalue weighted by atomic mass is 14.9. The molecule has 0 bridgehead atoms. The molecule has 0 aliphatic carbocycles. The van der Waals surface area contributed by atoms with Crippen LogP contribution in [0.25, 0.3) is 0 Å². The Morgan fingerprint density at radius 3 is 1.47 bits per heavy atom. The second-order valence-corrected chi connectivity index (χ2v) is 3.09. The molecule has 0 saturated carbocycles. The zero-order chi connectivity index (χ0) is 13.1. The first-order chi connectivity index (χ1) is 8.17. The van der Waals surface area contributed by atoms with Crippen LogP contribution in [0.5, 0.6) is 0 Å². The lowest BCUT2D eigenvalue weighted by molar-refractivity contribution is -0.693. The molecule has 0 amide bonds. The van der Waals surface area contributed by atoms with Gasteiger partial charge in [-0.2, -0.15) is 0 Å². The average Bonchev–Trinajstić information content (AvgIpc) is 2.44. The average molecular weight is 223 g/mol. The minimum absolute atomic E-state index is 1.06. The normalized spacial score (nSPS) is 8.29. The van der Waals surface area contributed by atoms with Gasteiger partial charge < -0.3 is 0 Å².